The van der Waals surface area contributed by atoms with Crippen molar-refractivity contribution < 1.29 is 27.4 Å². The molecule has 10 nitrogen and oxygen atoms in total. The summed E-state index contributed by atoms with van der Waals surface area (Å²) in [6.07, 6.45) is 5.19. The van der Waals surface area contributed by atoms with Crippen LogP contribution in [0.25, 0.3) is 11.8 Å². The molecule has 2 aromatic carbocycles. The van der Waals surface area contributed by atoms with Crippen LogP contribution in [0.3, 0.4) is 0 Å². The maximum atomic E-state index is 13.3. The Bertz CT molecular complexity index is 1310. The number of fused-ring (bicyclic) bond motifs is 1. The first-order chi connectivity index (χ1) is 16.5. The molecule has 5 rings (SSSR count). The molecule has 0 spiro atoms. The maximum Gasteiger partial charge on any atom is 0.231 e. The fraction of sp³-hybridized carbons (Fsp3) is 0.182. The molecule has 1 unspecified atom stereocenters. The lowest BCUT2D eigenvalue weighted by atomic mass is 10.1. The number of imidazole rings is 1. The summed E-state index contributed by atoms with van der Waals surface area (Å²) in [5.74, 6) is 0.911. The zero-order chi connectivity index (χ0) is 23.7. The number of benzene rings is 2. The first-order valence-electron chi connectivity index (χ1n) is 10.2. The number of ether oxygens (including phenoxy) is 3. The molecule has 12 heteroatoms. The molecule has 34 heavy (non-hydrogen) atoms. The summed E-state index contributed by atoms with van der Waals surface area (Å²) >= 11 is -2.74. The number of halogens is 1. The van der Waals surface area contributed by atoms with E-state index in [1.54, 1.807) is 12.4 Å². The average molecular weight is 484 g/mol. The lowest BCUT2D eigenvalue weighted by molar-refractivity contribution is 0.173. The van der Waals surface area contributed by atoms with E-state index in [1.165, 1.54) is 29.3 Å². The highest BCUT2D eigenvalue weighted by Crippen LogP contribution is 2.42. The highest BCUT2D eigenvalue weighted by atomic mass is 32.2. The standard InChI is InChI=1S/C22H20FN5O5S/c1-14-11-27(12-24-14)18-7-2-15(20-21(18)33-13-32-20)10-19-22(26-34(29)30)28(8-9-31-19)25-17-5-3-16(23)4-6-17/h2-7,10-12,25H,8-9,13H2,1H3,(H,29,30)/p-1. The Morgan fingerprint density at radius 1 is 1.18 bits per heavy atom. The van der Waals surface area contributed by atoms with Gasteiger partial charge in [0.2, 0.25) is 6.79 Å². The van der Waals surface area contributed by atoms with Crippen molar-refractivity contribution in [3.8, 4) is 17.2 Å². The van der Waals surface area contributed by atoms with Crippen molar-refractivity contribution in [2.75, 3.05) is 25.4 Å². The number of hydrazine groups is 1. The number of nitrogens with one attached hydrogen (secondary N) is 1. The highest BCUT2D eigenvalue weighted by Gasteiger charge is 2.27. The Morgan fingerprint density at radius 3 is 2.71 bits per heavy atom. The second-order valence-corrected chi connectivity index (χ2v) is 8.04. The fourth-order valence-corrected chi connectivity index (χ4v) is 3.95. The molecular formula is C22H19FN5O5S-. The van der Waals surface area contributed by atoms with Crippen LogP contribution >= 0.6 is 0 Å². The SMILES string of the molecule is Cc1cn(-c2ccc(C=C3OCCN(Nc4ccc(F)cc4)C3=NS(=O)[O-])c3c2OCO3)cn1. The van der Waals surface area contributed by atoms with E-state index in [2.05, 4.69) is 14.8 Å². The van der Waals surface area contributed by atoms with Crippen molar-refractivity contribution in [1.29, 1.82) is 0 Å². The number of amidine groups is 1. The van der Waals surface area contributed by atoms with Gasteiger partial charge in [-0.25, -0.2) is 9.37 Å². The van der Waals surface area contributed by atoms with Gasteiger partial charge in [0, 0.05) is 11.8 Å². The molecule has 2 aliphatic heterocycles. The summed E-state index contributed by atoms with van der Waals surface area (Å²) in [6, 6.07) is 9.33. The molecule has 1 saturated heterocycles. The highest BCUT2D eigenvalue weighted by molar-refractivity contribution is 7.77. The number of hydrogen-bond acceptors (Lipinski definition) is 7. The van der Waals surface area contributed by atoms with Gasteiger partial charge in [-0.05, 0) is 49.4 Å². The number of morpholine rings is 1. The van der Waals surface area contributed by atoms with Crippen molar-refractivity contribution in [2.45, 2.75) is 6.92 Å². The zero-order valence-corrected chi connectivity index (χ0v) is 18.8. The quantitative estimate of drug-likeness (QED) is 0.550. The smallest absolute Gasteiger partial charge is 0.231 e. The lowest BCUT2D eigenvalue weighted by Crippen LogP contribution is -2.44. The van der Waals surface area contributed by atoms with E-state index in [1.807, 2.05) is 29.8 Å². The van der Waals surface area contributed by atoms with Gasteiger partial charge < -0.3 is 23.3 Å². The first-order valence-corrected chi connectivity index (χ1v) is 11.3. The summed E-state index contributed by atoms with van der Waals surface area (Å²) in [7, 11) is 0. The van der Waals surface area contributed by atoms with Crippen molar-refractivity contribution in [1.82, 2.24) is 14.6 Å². The van der Waals surface area contributed by atoms with E-state index < -0.39 is 11.3 Å². The van der Waals surface area contributed by atoms with Crippen molar-refractivity contribution in [3.63, 3.8) is 0 Å². The van der Waals surface area contributed by atoms with Crippen LogP contribution in [-0.2, 0) is 16.0 Å². The van der Waals surface area contributed by atoms with Crippen LogP contribution in [0.15, 0.2) is 59.1 Å². The Labute approximate surface area is 196 Å². The Balaban J connectivity index is 1.51. The third-order valence-electron chi connectivity index (χ3n) is 5.12. The molecule has 1 fully saturated rings. The number of nitrogens with zero attached hydrogens (tertiary/aromatic N) is 4. The molecule has 0 amide bonds. The Morgan fingerprint density at radius 2 is 1.97 bits per heavy atom. The summed E-state index contributed by atoms with van der Waals surface area (Å²) in [5, 5.41) is 1.53. The monoisotopic (exact) mass is 484 g/mol. The van der Waals surface area contributed by atoms with Crippen LogP contribution in [-0.4, -0.2) is 49.1 Å². The molecule has 1 aromatic heterocycles. The number of anilines is 1. The van der Waals surface area contributed by atoms with Crippen LogP contribution in [0, 0.1) is 12.7 Å². The number of hydrogen-bond donors (Lipinski definition) is 1. The van der Waals surface area contributed by atoms with Gasteiger partial charge in [-0.2, -0.15) is 4.40 Å². The van der Waals surface area contributed by atoms with Gasteiger partial charge in [0.1, 0.15) is 12.4 Å². The Hall–Kier alpha value is -3.90. The van der Waals surface area contributed by atoms with Gasteiger partial charge in [-0.1, -0.05) is 0 Å². The summed E-state index contributed by atoms with van der Waals surface area (Å²) in [5.41, 5.74) is 5.84. The molecule has 0 aliphatic carbocycles. The fourth-order valence-electron chi connectivity index (χ4n) is 3.62. The van der Waals surface area contributed by atoms with Crippen LogP contribution < -0.4 is 14.9 Å². The van der Waals surface area contributed by atoms with E-state index in [4.69, 9.17) is 14.2 Å². The van der Waals surface area contributed by atoms with Crippen LogP contribution in [0.5, 0.6) is 11.5 Å². The van der Waals surface area contributed by atoms with Crippen LogP contribution in [0.4, 0.5) is 10.1 Å². The van der Waals surface area contributed by atoms with E-state index in [9.17, 15) is 13.2 Å². The van der Waals surface area contributed by atoms with Gasteiger partial charge in [0.05, 0.1) is 41.2 Å². The van der Waals surface area contributed by atoms with Crippen molar-refractivity contribution in [2.24, 2.45) is 4.40 Å². The van der Waals surface area contributed by atoms with E-state index in [0.717, 1.165) is 11.4 Å². The molecule has 3 aromatic rings. The molecule has 1 atom stereocenters. The minimum absolute atomic E-state index is 0.0425. The molecule has 0 radical (unpaired) electrons. The molecule has 0 saturated carbocycles. The van der Waals surface area contributed by atoms with E-state index in [-0.39, 0.29) is 30.8 Å². The third kappa shape index (κ3) is 4.45. The van der Waals surface area contributed by atoms with E-state index in [0.29, 0.717) is 29.3 Å². The number of rotatable bonds is 5. The maximum absolute atomic E-state index is 13.3. The topological polar surface area (TPSA) is 113 Å². The first kappa shape index (κ1) is 21.9. The molecule has 3 heterocycles. The molecule has 0 bridgehead atoms. The molecule has 176 valence electrons. The Kier molecular flexibility index (Phi) is 5.90. The largest absolute Gasteiger partial charge is 0.754 e. The van der Waals surface area contributed by atoms with Gasteiger partial charge in [-0.15, -0.1) is 0 Å². The average Bonchev–Trinajstić information content (AvgIpc) is 3.47. The zero-order valence-electron chi connectivity index (χ0n) is 17.9. The van der Waals surface area contributed by atoms with Crippen molar-refractivity contribution in [3.05, 3.63) is 71.8 Å². The second kappa shape index (κ2) is 9.15. The molecule has 1 N–H and O–H groups in total. The van der Waals surface area contributed by atoms with Gasteiger partial charge in [0.15, 0.2) is 23.1 Å². The minimum atomic E-state index is -2.74. The summed E-state index contributed by atoms with van der Waals surface area (Å²) in [4.78, 5) is 4.25. The number of aryl methyl sites for hydroxylation is 1. The third-order valence-corrected chi connectivity index (χ3v) is 5.44. The van der Waals surface area contributed by atoms with Crippen LogP contribution in [0.1, 0.15) is 11.3 Å². The summed E-state index contributed by atoms with van der Waals surface area (Å²) in [6.45, 7) is 2.50. The number of aromatic nitrogens is 2. The van der Waals surface area contributed by atoms with Gasteiger partial charge in [0.25, 0.3) is 0 Å². The second-order valence-electron chi connectivity index (χ2n) is 7.42. The predicted octanol–water partition coefficient (Wildman–Crippen LogP) is 2.94. The predicted molar refractivity (Wildman–Crippen MR) is 121 cm³/mol. The summed E-state index contributed by atoms with van der Waals surface area (Å²) < 4.78 is 58.9. The lowest BCUT2D eigenvalue weighted by Gasteiger charge is -2.33. The minimum Gasteiger partial charge on any atom is -0.754 e. The van der Waals surface area contributed by atoms with Crippen LogP contribution in [0.2, 0.25) is 0 Å². The van der Waals surface area contributed by atoms with E-state index >= 15 is 0 Å². The van der Waals surface area contributed by atoms with Gasteiger partial charge in [-0.3, -0.25) is 14.6 Å². The normalized spacial score (nSPS) is 18.3. The molecular weight excluding hydrogens is 465 g/mol. The van der Waals surface area contributed by atoms with Gasteiger partial charge >= 0.3 is 0 Å². The van der Waals surface area contributed by atoms with Crippen molar-refractivity contribution >= 4 is 28.9 Å². The molecule has 2 aliphatic rings.